The van der Waals surface area contributed by atoms with Crippen molar-refractivity contribution < 1.29 is 13.3 Å². The van der Waals surface area contributed by atoms with Gasteiger partial charge in [0.05, 0.1) is 26.1 Å². The van der Waals surface area contributed by atoms with Crippen LogP contribution in [0.4, 0.5) is 5.69 Å². The molecular formula is C14H11Cl2N3O4S. The first kappa shape index (κ1) is 18.2. The molecule has 0 aliphatic rings. The summed E-state index contributed by atoms with van der Waals surface area (Å²) in [6, 6.07) is 8.39. The van der Waals surface area contributed by atoms with Crippen LogP contribution in [0.1, 0.15) is 11.1 Å². The van der Waals surface area contributed by atoms with Crippen LogP contribution in [-0.4, -0.2) is 19.6 Å². The topological polar surface area (TPSA) is 102 Å². The van der Waals surface area contributed by atoms with Crippen molar-refractivity contribution in [3.8, 4) is 0 Å². The number of benzene rings is 2. The summed E-state index contributed by atoms with van der Waals surface area (Å²) in [5, 5.41) is 15.0. The summed E-state index contributed by atoms with van der Waals surface area (Å²) in [4.78, 5) is 12.0. The zero-order chi connectivity index (χ0) is 17.9. The molecule has 0 aliphatic heterocycles. The van der Waals surface area contributed by atoms with Crippen molar-refractivity contribution in [3.05, 3.63) is 67.7 Å². The second-order valence-electron chi connectivity index (χ2n) is 4.70. The SMILES string of the molecule is Cc1ccc(S(=O)(=O)N/N=C/c2cccc(Cl)c2Cl)cc1[N+](=O)[O-]. The van der Waals surface area contributed by atoms with Gasteiger partial charge in [-0.1, -0.05) is 41.4 Å². The molecule has 126 valence electrons. The number of aryl methyl sites for hydroxylation is 1. The van der Waals surface area contributed by atoms with Crippen LogP contribution >= 0.6 is 23.2 Å². The predicted molar refractivity (Wildman–Crippen MR) is 92.2 cm³/mol. The van der Waals surface area contributed by atoms with Gasteiger partial charge in [-0.2, -0.15) is 13.5 Å². The Morgan fingerprint density at radius 2 is 1.96 bits per heavy atom. The zero-order valence-corrected chi connectivity index (χ0v) is 14.6. The molecule has 0 unspecified atom stereocenters. The molecule has 0 heterocycles. The summed E-state index contributed by atoms with van der Waals surface area (Å²) in [6.45, 7) is 1.52. The number of nitro benzene ring substituents is 1. The van der Waals surface area contributed by atoms with Crippen LogP contribution in [0.3, 0.4) is 0 Å². The highest BCUT2D eigenvalue weighted by Crippen LogP contribution is 2.24. The highest BCUT2D eigenvalue weighted by atomic mass is 35.5. The van der Waals surface area contributed by atoms with Gasteiger partial charge >= 0.3 is 0 Å². The lowest BCUT2D eigenvalue weighted by molar-refractivity contribution is -0.385. The van der Waals surface area contributed by atoms with Crippen molar-refractivity contribution in [3.63, 3.8) is 0 Å². The van der Waals surface area contributed by atoms with E-state index in [0.29, 0.717) is 16.1 Å². The number of nitro groups is 1. The third-order valence-corrected chi connectivity index (χ3v) is 5.10. The molecule has 0 aromatic heterocycles. The lowest BCUT2D eigenvalue weighted by Crippen LogP contribution is -2.18. The number of nitrogens with zero attached hydrogens (tertiary/aromatic N) is 2. The average Bonchev–Trinajstić information content (AvgIpc) is 2.51. The second-order valence-corrected chi connectivity index (χ2v) is 7.15. The van der Waals surface area contributed by atoms with E-state index in [-0.39, 0.29) is 15.6 Å². The smallest absolute Gasteiger partial charge is 0.258 e. The lowest BCUT2D eigenvalue weighted by atomic mass is 10.2. The molecule has 0 atom stereocenters. The minimum absolute atomic E-state index is 0.230. The van der Waals surface area contributed by atoms with E-state index in [0.717, 1.165) is 6.07 Å². The van der Waals surface area contributed by atoms with Crippen molar-refractivity contribution in [1.29, 1.82) is 0 Å². The highest BCUT2D eigenvalue weighted by Gasteiger charge is 2.19. The van der Waals surface area contributed by atoms with E-state index in [4.69, 9.17) is 23.2 Å². The van der Waals surface area contributed by atoms with Crippen molar-refractivity contribution in [1.82, 2.24) is 4.83 Å². The van der Waals surface area contributed by atoms with E-state index in [1.54, 1.807) is 18.2 Å². The number of hydrogen-bond donors (Lipinski definition) is 1. The van der Waals surface area contributed by atoms with E-state index in [1.807, 2.05) is 4.83 Å². The molecule has 0 spiro atoms. The monoisotopic (exact) mass is 387 g/mol. The Morgan fingerprint density at radius 1 is 1.25 bits per heavy atom. The van der Waals surface area contributed by atoms with Gasteiger partial charge in [-0.05, 0) is 19.1 Å². The molecule has 0 fully saturated rings. The highest BCUT2D eigenvalue weighted by molar-refractivity contribution is 7.89. The van der Waals surface area contributed by atoms with Crippen LogP contribution in [0.25, 0.3) is 0 Å². The van der Waals surface area contributed by atoms with Crippen molar-refractivity contribution in [2.45, 2.75) is 11.8 Å². The minimum Gasteiger partial charge on any atom is -0.258 e. The number of rotatable bonds is 5. The fourth-order valence-corrected chi connectivity index (χ4v) is 2.96. The summed E-state index contributed by atoms with van der Waals surface area (Å²) in [6.07, 6.45) is 1.19. The maximum atomic E-state index is 12.2. The molecule has 2 aromatic carbocycles. The molecule has 0 aliphatic carbocycles. The first-order valence-corrected chi connectivity index (χ1v) is 8.70. The van der Waals surface area contributed by atoms with Crippen LogP contribution < -0.4 is 4.83 Å². The number of nitrogens with one attached hydrogen (secondary N) is 1. The van der Waals surface area contributed by atoms with Gasteiger partial charge < -0.3 is 0 Å². The lowest BCUT2D eigenvalue weighted by Gasteiger charge is -2.05. The van der Waals surface area contributed by atoms with Crippen molar-refractivity contribution in [2.24, 2.45) is 5.10 Å². The van der Waals surface area contributed by atoms with Crippen LogP contribution in [0.5, 0.6) is 0 Å². The van der Waals surface area contributed by atoms with E-state index < -0.39 is 14.9 Å². The molecule has 0 radical (unpaired) electrons. The maximum absolute atomic E-state index is 12.2. The first-order chi connectivity index (χ1) is 11.2. The summed E-state index contributed by atoms with van der Waals surface area (Å²) in [5.74, 6) is 0. The Kier molecular flexibility index (Phi) is 5.43. The normalized spacial score (nSPS) is 11.6. The Bertz CT molecular complexity index is 930. The fraction of sp³-hybridized carbons (Fsp3) is 0.0714. The number of halogens is 2. The van der Waals surface area contributed by atoms with Gasteiger partial charge in [0, 0.05) is 17.2 Å². The van der Waals surface area contributed by atoms with Gasteiger partial charge in [-0.15, -0.1) is 0 Å². The molecule has 24 heavy (non-hydrogen) atoms. The summed E-state index contributed by atoms with van der Waals surface area (Å²) < 4.78 is 24.3. The van der Waals surface area contributed by atoms with Gasteiger partial charge in [0.2, 0.25) is 0 Å². The largest absolute Gasteiger partial charge is 0.276 e. The second kappa shape index (κ2) is 7.16. The Morgan fingerprint density at radius 3 is 2.62 bits per heavy atom. The molecule has 1 N–H and O–H groups in total. The Labute approximate surface area is 148 Å². The van der Waals surface area contributed by atoms with Crippen LogP contribution in [0.2, 0.25) is 10.0 Å². The van der Waals surface area contributed by atoms with Crippen molar-refractivity contribution >= 4 is 45.1 Å². The van der Waals surface area contributed by atoms with E-state index in [1.165, 1.54) is 25.3 Å². The molecule has 10 heteroatoms. The number of hydrogen-bond acceptors (Lipinski definition) is 5. The molecule has 0 amide bonds. The Hall–Kier alpha value is -2.16. The summed E-state index contributed by atoms with van der Waals surface area (Å²) in [7, 11) is -4.05. The van der Waals surface area contributed by atoms with E-state index in [2.05, 4.69) is 5.10 Å². The van der Waals surface area contributed by atoms with Gasteiger partial charge in [0.1, 0.15) is 0 Å². The van der Waals surface area contributed by atoms with Crippen LogP contribution in [0, 0.1) is 17.0 Å². The third-order valence-electron chi connectivity index (χ3n) is 3.05. The van der Waals surface area contributed by atoms with Gasteiger partial charge in [0.15, 0.2) is 0 Å². The average molecular weight is 388 g/mol. The molecular weight excluding hydrogens is 377 g/mol. The first-order valence-electron chi connectivity index (χ1n) is 6.46. The molecule has 0 saturated heterocycles. The van der Waals surface area contributed by atoms with Crippen LogP contribution in [-0.2, 0) is 10.0 Å². The third kappa shape index (κ3) is 4.02. The molecule has 2 rings (SSSR count). The Balaban J connectivity index is 2.26. The number of sulfonamides is 1. The van der Waals surface area contributed by atoms with Gasteiger partial charge in [-0.25, -0.2) is 4.83 Å². The van der Waals surface area contributed by atoms with E-state index in [9.17, 15) is 18.5 Å². The van der Waals surface area contributed by atoms with E-state index >= 15 is 0 Å². The molecule has 0 saturated carbocycles. The summed E-state index contributed by atoms with van der Waals surface area (Å²) in [5.41, 5.74) is 0.481. The fourth-order valence-electron chi connectivity index (χ4n) is 1.79. The zero-order valence-electron chi connectivity index (χ0n) is 12.2. The molecule has 2 aromatic rings. The van der Waals surface area contributed by atoms with Gasteiger partial charge in [-0.3, -0.25) is 10.1 Å². The standard InChI is InChI=1S/C14H11Cl2N3O4S/c1-9-5-6-11(7-13(9)19(20)21)24(22,23)18-17-8-10-3-2-4-12(15)14(10)16/h2-8,18H,1H3/b17-8+. The van der Waals surface area contributed by atoms with Gasteiger partial charge in [0.25, 0.3) is 15.7 Å². The minimum atomic E-state index is -4.05. The quantitative estimate of drug-likeness (QED) is 0.481. The predicted octanol–water partition coefficient (Wildman–Crippen LogP) is 3.52. The number of hydrazone groups is 1. The molecule has 0 bridgehead atoms. The van der Waals surface area contributed by atoms with Crippen LogP contribution in [0.15, 0.2) is 46.4 Å². The van der Waals surface area contributed by atoms with Crippen molar-refractivity contribution in [2.75, 3.05) is 0 Å². The molecule has 7 nitrogen and oxygen atoms in total. The summed E-state index contributed by atoms with van der Waals surface area (Å²) >= 11 is 11.8. The maximum Gasteiger partial charge on any atom is 0.276 e.